The van der Waals surface area contributed by atoms with E-state index < -0.39 is 0 Å². The molecule has 0 bridgehead atoms. The van der Waals surface area contributed by atoms with Gasteiger partial charge in [-0.25, -0.2) is 0 Å². The fourth-order valence-electron chi connectivity index (χ4n) is 0.519. The first-order chi connectivity index (χ1) is 4.43. The van der Waals surface area contributed by atoms with Gasteiger partial charge in [-0.1, -0.05) is 0 Å². The average molecular weight is 118 g/mol. The van der Waals surface area contributed by atoms with Crippen molar-refractivity contribution in [2.75, 3.05) is 0 Å². The molecule has 1 aromatic rings. The van der Waals surface area contributed by atoms with Crippen LogP contribution >= 0.6 is 0 Å². The lowest BCUT2D eigenvalue weighted by Crippen LogP contribution is -1.79. The molecule has 0 radical (unpaired) electrons. The lowest BCUT2D eigenvalue weighted by molar-refractivity contribution is 1.32. The molecule has 0 spiro atoms. The minimum absolute atomic E-state index is 0.896. The molecule has 0 aliphatic heterocycles. The monoisotopic (exact) mass is 118 g/mol. The molecule has 2 nitrogen and oxygen atoms in total. The minimum atomic E-state index is 0.896. The van der Waals surface area contributed by atoms with E-state index in [2.05, 4.69) is 16.9 Å². The smallest absolute Gasteiger partial charge is 0.0294 e. The number of nitrogens with two attached hydrogens (primary N) is 1. The molecule has 0 fully saturated rings. The molecule has 2 heteroatoms. The van der Waals surface area contributed by atoms with Crippen LogP contribution in [0.3, 0.4) is 0 Å². The van der Waals surface area contributed by atoms with E-state index in [1.165, 1.54) is 0 Å². The predicted octanol–water partition coefficient (Wildman–Crippen LogP) is 0.349. The maximum absolute atomic E-state index is 4.98. The van der Waals surface area contributed by atoms with Crippen molar-refractivity contribution in [3.63, 3.8) is 0 Å². The highest BCUT2D eigenvalue weighted by atomic mass is 14.6. The molecule has 0 saturated carbocycles. The summed E-state index contributed by atoms with van der Waals surface area (Å²) in [5.41, 5.74) is 5.87. The van der Waals surface area contributed by atoms with Crippen molar-refractivity contribution in [1.82, 2.24) is 4.98 Å². The van der Waals surface area contributed by atoms with Gasteiger partial charge in [0.25, 0.3) is 0 Å². The second-order valence-electron chi connectivity index (χ2n) is 1.51. The largest absolute Gasteiger partial charge is 0.359 e. The molecule has 0 atom stereocenters. The van der Waals surface area contributed by atoms with Crippen LogP contribution in [0.2, 0.25) is 0 Å². The number of aromatic nitrogens is 1. The number of hydrogen-bond acceptors (Lipinski definition) is 2. The van der Waals surface area contributed by atoms with Crippen LogP contribution in [-0.2, 0) is 0 Å². The Hall–Kier alpha value is -1.49. The third kappa shape index (κ3) is 1.46. The first-order valence-corrected chi connectivity index (χ1v) is 2.55. The Morgan fingerprint density at radius 2 is 2.00 bits per heavy atom. The van der Waals surface area contributed by atoms with Crippen LogP contribution in [0.15, 0.2) is 24.5 Å². The molecule has 9 heavy (non-hydrogen) atoms. The van der Waals surface area contributed by atoms with E-state index in [1.807, 2.05) is 0 Å². The van der Waals surface area contributed by atoms with Crippen LogP contribution in [0, 0.1) is 12.0 Å². The molecule has 1 heterocycles. The van der Waals surface area contributed by atoms with Crippen LogP contribution < -0.4 is 5.73 Å². The lowest BCUT2D eigenvalue weighted by atomic mass is 10.3. The van der Waals surface area contributed by atoms with E-state index in [9.17, 15) is 0 Å². The zero-order valence-electron chi connectivity index (χ0n) is 4.83. The summed E-state index contributed by atoms with van der Waals surface area (Å²) in [6.07, 6.45) is 3.36. The molecular formula is C7H6N2. The zero-order valence-corrected chi connectivity index (χ0v) is 4.83. The predicted molar refractivity (Wildman–Crippen MR) is 35.3 cm³/mol. The number of rotatable bonds is 0. The Morgan fingerprint density at radius 1 is 1.33 bits per heavy atom. The SMILES string of the molecule is NC#Cc1ccncc1. The van der Waals surface area contributed by atoms with Crippen molar-refractivity contribution in [3.05, 3.63) is 30.1 Å². The summed E-state index contributed by atoms with van der Waals surface area (Å²) in [5.74, 6) is 2.70. The maximum Gasteiger partial charge on any atom is 0.0294 e. The van der Waals surface area contributed by atoms with E-state index in [0.717, 1.165) is 5.56 Å². The number of nitrogens with zero attached hydrogens (tertiary/aromatic N) is 1. The van der Waals surface area contributed by atoms with E-state index in [4.69, 9.17) is 5.73 Å². The Balaban J connectivity index is 2.94. The Kier molecular flexibility index (Phi) is 1.71. The summed E-state index contributed by atoms with van der Waals surface area (Å²) >= 11 is 0. The second-order valence-corrected chi connectivity index (χ2v) is 1.51. The first kappa shape index (κ1) is 5.64. The Morgan fingerprint density at radius 3 is 2.56 bits per heavy atom. The Labute approximate surface area is 53.7 Å². The fraction of sp³-hybridized carbons (Fsp3) is 0. The standard InChI is InChI=1S/C7H6N2/c8-4-1-7-2-5-9-6-3-7/h2-3,5-6H,8H2. The van der Waals surface area contributed by atoms with Gasteiger partial charge in [0.05, 0.1) is 0 Å². The third-order valence-corrected chi connectivity index (χ3v) is 0.897. The molecule has 0 unspecified atom stereocenters. The van der Waals surface area contributed by atoms with Crippen LogP contribution in [0.4, 0.5) is 0 Å². The van der Waals surface area contributed by atoms with Gasteiger partial charge in [0, 0.05) is 24.0 Å². The van der Waals surface area contributed by atoms with E-state index in [1.54, 1.807) is 24.5 Å². The lowest BCUT2D eigenvalue weighted by Gasteiger charge is -1.82. The molecule has 0 aliphatic rings. The van der Waals surface area contributed by atoms with Gasteiger partial charge in [0.1, 0.15) is 0 Å². The van der Waals surface area contributed by atoms with Crippen molar-refractivity contribution in [3.8, 4) is 12.0 Å². The van der Waals surface area contributed by atoms with Gasteiger partial charge in [-0.3, -0.25) is 4.98 Å². The van der Waals surface area contributed by atoms with Crippen molar-refractivity contribution < 1.29 is 0 Å². The second kappa shape index (κ2) is 2.73. The minimum Gasteiger partial charge on any atom is -0.359 e. The van der Waals surface area contributed by atoms with E-state index in [0.29, 0.717) is 0 Å². The number of pyridine rings is 1. The summed E-state index contributed by atoms with van der Waals surface area (Å²) in [6.45, 7) is 0. The maximum atomic E-state index is 4.98. The van der Waals surface area contributed by atoms with E-state index in [-0.39, 0.29) is 0 Å². The fourth-order valence-corrected chi connectivity index (χ4v) is 0.519. The van der Waals surface area contributed by atoms with Gasteiger partial charge in [0.15, 0.2) is 0 Å². The first-order valence-electron chi connectivity index (χ1n) is 2.55. The van der Waals surface area contributed by atoms with Crippen LogP contribution in [0.25, 0.3) is 0 Å². The molecule has 0 aliphatic carbocycles. The van der Waals surface area contributed by atoms with Gasteiger partial charge in [-0.05, 0) is 18.1 Å². The summed E-state index contributed by atoms with van der Waals surface area (Å²) in [4.78, 5) is 3.82. The highest BCUT2D eigenvalue weighted by molar-refractivity contribution is 5.30. The molecule has 0 aromatic carbocycles. The molecule has 0 amide bonds. The Bertz CT molecular complexity index is 230. The average Bonchev–Trinajstić information content (AvgIpc) is 1.91. The van der Waals surface area contributed by atoms with E-state index >= 15 is 0 Å². The highest BCUT2D eigenvalue weighted by Gasteiger charge is 1.78. The van der Waals surface area contributed by atoms with Gasteiger partial charge in [0.2, 0.25) is 0 Å². The van der Waals surface area contributed by atoms with Gasteiger partial charge >= 0.3 is 0 Å². The zero-order chi connectivity index (χ0) is 6.53. The highest BCUT2D eigenvalue weighted by Crippen LogP contribution is 1.90. The summed E-state index contributed by atoms with van der Waals surface area (Å²) in [5, 5.41) is 0. The van der Waals surface area contributed by atoms with Crippen molar-refractivity contribution >= 4 is 0 Å². The molecule has 44 valence electrons. The van der Waals surface area contributed by atoms with Crippen LogP contribution in [0.5, 0.6) is 0 Å². The molecular weight excluding hydrogens is 112 g/mol. The topological polar surface area (TPSA) is 38.9 Å². The van der Waals surface area contributed by atoms with Crippen molar-refractivity contribution in [1.29, 1.82) is 0 Å². The summed E-state index contributed by atoms with van der Waals surface area (Å²) in [6, 6.07) is 5.92. The normalized spacial score (nSPS) is 7.56. The molecule has 1 rings (SSSR count). The van der Waals surface area contributed by atoms with Crippen LogP contribution in [-0.4, -0.2) is 4.98 Å². The van der Waals surface area contributed by atoms with Gasteiger partial charge in [-0.15, -0.1) is 0 Å². The van der Waals surface area contributed by atoms with Crippen molar-refractivity contribution in [2.45, 2.75) is 0 Å². The third-order valence-electron chi connectivity index (χ3n) is 0.897. The summed E-state index contributed by atoms with van der Waals surface area (Å²) < 4.78 is 0. The quantitative estimate of drug-likeness (QED) is 0.394. The number of hydrogen-bond donors (Lipinski definition) is 1. The molecule has 2 N–H and O–H groups in total. The van der Waals surface area contributed by atoms with Crippen molar-refractivity contribution in [2.24, 2.45) is 5.73 Å². The van der Waals surface area contributed by atoms with Crippen LogP contribution in [0.1, 0.15) is 5.56 Å². The molecule has 0 saturated heterocycles. The summed E-state index contributed by atoms with van der Waals surface area (Å²) in [7, 11) is 0. The molecule has 1 aromatic heterocycles. The van der Waals surface area contributed by atoms with Gasteiger partial charge < -0.3 is 5.73 Å². The van der Waals surface area contributed by atoms with Gasteiger partial charge in [-0.2, -0.15) is 0 Å².